The fourth-order valence-corrected chi connectivity index (χ4v) is 2.82. The average molecular weight is 291 g/mol. The van der Waals surface area contributed by atoms with Crippen LogP contribution in [0.1, 0.15) is 11.1 Å². The highest BCUT2D eigenvalue weighted by Crippen LogP contribution is 2.21. The zero-order valence-electron chi connectivity index (χ0n) is 12.9. The van der Waals surface area contributed by atoms with Gasteiger partial charge in [-0.3, -0.25) is 0 Å². The highest BCUT2D eigenvalue weighted by atomic mass is 16.3. The van der Waals surface area contributed by atoms with Crippen LogP contribution in [0.4, 0.5) is 0 Å². The Labute approximate surface area is 131 Å². The predicted molar refractivity (Wildman–Crippen MR) is 92.1 cm³/mol. The van der Waals surface area contributed by atoms with Gasteiger partial charge in [0.25, 0.3) is 0 Å². The molecule has 1 N–H and O–H groups in total. The fraction of sp³-hybridized carbons (Fsp3) is 0.200. The first-order valence-corrected chi connectivity index (χ1v) is 7.65. The molecule has 0 saturated heterocycles. The first-order valence-electron chi connectivity index (χ1n) is 7.65. The van der Waals surface area contributed by atoms with E-state index in [2.05, 4.69) is 60.5 Å². The fourth-order valence-electron chi connectivity index (χ4n) is 2.82. The van der Waals surface area contributed by atoms with E-state index >= 15 is 0 Å². The molecule has 0 amide bonds. The maximum absolute atomic E-state index is 9.26. The zero-order valence-corrected chi connectivity index (χ0v) is 12.9. The van der Waals surface area contributed by atoms with Crippen molar-refractivity contribution in [2.75, 3.05) is 13.6 Å². The lowest BCUT2D eigenvalue weighted by Gasteiger charge is -2.24. The van der Waals surface area contributed by atoms with E-state index in [0.29, 0.717) is 5.75 Å². The summed E-state index contributed by atoms with van der Waals surface area (Å²) in [6, 6.07) is 22.4. The smallest absolute Gasteiger partial charge is 0.115 e. The molecule has 0 radical (unpaired) electrons. The van der Waals surface area contributed by atoms with Crippen LogP contribution in [0.3, 0.4) is 0 Å². The standard InChI is InChI=1S/C10H13NO.C10H8/c1-11-5-4-8-2-3-10(12)6-9(8)7-11;1-2-6-10-8-4-3-7-9(10)5-1/h2-3,6,12H,4-5,7H2,1H3;1-8H. The van der Waals surface area contributed by atoms with E-state index < -0.39 is 0 Å². The van der Waals surface area contributed by atoms with Gasteiger partial charge >= 0.3 is 0 Å². The van der Waals surface area contributed by atoms with Crippen molar-refractivity contribution in [1.82, 2.24) is 4.90 Å². The van der Waals surface area contributed by atoms with Gasteiger partial charge in [0.15, 0.2) is 0 Å². The first kappa shape index (κ1) is 14.6. The minimum atomic E-state index is 0.379. The molecule has 22 heavy (non-hydrogen) atoms. The number of benzene rings is 3. The molecule has 0 aromatic heterocycles. The molecule has 4 rings (SSSR count). The number of hydrogen-bond donors (Lipinski definition) is 1. The number of phenolic OH excluding ortho intramolecular Hbond substituents is 1. The molecule has 2 heteroatoms. The van der Waals surface area contributed by atoms with E-state index in [9.17, 15) is 5.11 Å². The Hall–Kier alpha value is -2.32. The van der Waals surface area contributed by atoms with Crippen LogP contribution in [0, 0.1) is 0 Å². The number of likely N-dealkylation sites (N-methyl/N-ethyl adjacent to an activating group) is 1. The monoisotopic (exact) mass is 291 g/mol. The number of nitrogens with zero attached hydrogens (tertiary/aromatic N) is 1. The lowest BCUT2D eigenvalue weighted by atomic mass is 10.00. The molecule has 0 saturated carbocycles. The van der Waals surface area contributed by atoms with E-state index in [-0.39, 0.29) is 0 Å². The van der Waals surface area contributed by atoms with Gasteiger partial charge < -0.3 is 10.0 Å². The van der Waals surface area contributed by atoms with Gasteiger partial charge in [-0.25, -0.2) is 0 Å². The normalized spacial score (nSPS) is 14.0. The van der Waals surface area contributed by atoms with Crippen molar-refractivity contribution in [3.8, 4) is 5.75 Å². The summed E-state index contributed by atoms with van der Waals surface area (Å²) >= 11 is 0. The Morgan fingerprint density at radius 1 is 0.818 bits per heavy atom. The van der Waals surface area contributed by atoms with E-state index in [1.54, 1.807) is 6.07 Å². The third kappa shape index (κ3) is 3.46. The van der Waals surface area contributed by atoms with Gasteiger partial charge in [0, 0.05) is 13.1 Å². The van der Waals surface area contributed by atoms with Crippen LogP contribution in [0.15, 0.2) is 66.7 Å². The van der Waals surface area contributed by atoms with Gasteiger partial charge in [-0.1, -0.05) is 54.6 Å². The van der Waals surface area contributed by atoms with Crippen molar-refractivity contribution in [2.45, 2.75) is 13.0 Å². The molecule has 2 nitrogen and oxygen atoms in total. The maximum Gasteiger partial charge on any atom is 0.115 e. The third-order valence-electron chi connectivity index (χ3n) is 4.05. The van der Waals surface area contributed by atoms with Crippen molar-refractivity contribution >= 4 is 10.8 Å². The quantitative estimate of drug-likeness (QED) is 0.670. The predicted octanol–water partition coefficient (Wildman–Crippen LogP) is 4.22. The second-order valence-corrected chi connectivity index (χ2v) is 5.79. The van der Waals surface area contributed by atoms with Gasteiger partial charge in [0.2, 0.25) is 0 Å². The summed E-state index contributed by atoms with van der Waals surface area (Å²) in [6.07, 6.45) is 1.10. The number of phenols is 1. The van der Waals surface area contributed by atoms with Crippen LogP contribution in [0.5, 0.6) is 5.75 Å². The van der Waals surface area contributed by atoms with Crippen molar-refractivity contribution in [2.24, 2.45) is 0 Å². The largest absolute Gasteiger partial charge is 0.508 e. The summed E-state index contributed by atoms with van der Waals surface area (Å²) < 4.78 is 0. The van der Waals surface area contributed by atoms with E-state index in [1.165, 1.54) is 21.9 Å². The summed E-state index contributed by atoms with van der Waals surface area (Å²) in [5.74, 6) is 0.379. The summed E-state index contributed by atoms with van der Waals surface area (Å²) in [7, 11) is 2.10. The summed E-state index contributed by atoms with van der Waals surface area (Å²) in [5.41, 5.74) is 2.65. The highest BCUT2D eigenvalue weighted by molar-refractivity contribution is 5.81. The van der Waals surface area contributed by atoms with Crippen LogP contribution in [0.25, 0.3) is 10.8 Å². The number of fused-ring (bicyclic) bond motifs is 2. The Bertz CT molecular complexity index is 701. The van der Waals surface area contributed by atoms with Gasteiger partial charge in [0.05, 0.1) is 0 Å². The molecule has 3 aromatic carbocycles. The Morgan fingerprint density at radius 3 is 2.00 bits per heavy atom. The highest BCUT2D eigenvalue weighted by Gasteiger charge is 2.12. The van der Waals surface area contributed by atoms with Crippen LogP contribution in [0.2, 0.25) is 0 Å². The SMILES string of the molecule is CN1CCc2ccc(O)cc2C1.c1ccc2ccccc2c1. The van der Waals surface area contributed by atoms with Crippen LogP contribution in [-0.4, -0.2) is 23.6 Å². The lowest BCUT2D eigenvalue weighted by Crippen LogP contribution is -2.26. The maximum atomic E-state index is 9.26. The molecule has 0 bridgehead atoms. The number of aromatic hydroxyl groups is 1. The Morgan fingerprint density at radius 2 is 1.41 bits per heavy atom. The minimum absolute atomic E-state index is 0.379. The summed E-state index contributed by atoms with van der Waals surface area (Å²) in [4.78, 5) is 2.27. The topological polar surface area (TPSA) is 23.5 Å². The third-order valence-corrected chi connectivity index (χ3v) is 4.05. The van der Waals surface area contributed by atoms with E-state index in [0.717, 1.165) is 19.5 Å². The molecule has 1 aliphatic heterocycles. The van der Waals surface area contributed by atoms with Gasteiger partial charge in [-0.05, 0) is 47.5 Å². The van der Waals surface area contributed by atoms with Crippen molar-refractivity contribution in [1.29, 1.82) is 0 Å². The first-order chi connectivity index (χ1) is 10.7. The lowest BCUT2D eigenvalue weighted by molar-refractivity contribution is 0.312. The van der Waals surface area contributed by atoms with Crippen molar-refractivity contribution < 1.29 is 5.11 Å². The van der Waals surface area contributed by atoms with Crippen LogP contribution < -0.4 is 0 Å². The average Bonchev–Trinajstić information content (AvgIpc) is 2.55. The minimum Gasteiger partial charge on any atom is -0.508 e. The second kappa shape index (κ2) is 6.63. The molecule has 0 fully saturated rings. The van der Waals surface area contributed by atoms with Crippen LogP contribution in [-0.2, 0) is 13.0 Å². The second-order valence-electron chi connectivity index (χ2n) is 5.79. The van der Waals surface area contributed by atoms with E-state index in [1.807, 2.05) is 12.1 Å². The Balaban J connectivity index is 0.000000133. The van der Waals surface area contributed by atoms with Gasteiger partial charge in [-0.15, -0.1) is 0 Å². The van der Waals surface area contributed by atoms with E-state index in [4.69, 9.17) is 0 Å². The molecule has 0 spiro atoms. The summed E-state index contributed by atoms with van der Waals surface area (Å²) in [6.45, 7) is 2.08. The van der Waals surface area contributed by atoms with Gasteiger partial charge in [-0.2, -0.15) is 0 Å². The molecule has 112 valence electrons. The zero-order chi connectivity index (χ0) is 15.4. The van der Waals surface area contributed by atoms with Crippen molar-refractivity contribution in [3.63, 3.8) is 0 Å². The Kier molecular flexibility index (Phi) is 4.40. The number of rotatable bonds is 0. The molecular formula is C20H21NO. The molecule has 1 heterocycles. The molecule has 3 aromatic rings. The molecule has 0 aliphatic carbocycles. The van der Waals surface area contributed by atoms with Crippen molar-refractivity contribution in [3.05, 3.63) is 77.9 Å². The van der Waals surface area contributed by atoms with Crippen LogP contribution >= 0.6 is 0 Å². The van der Waals surface area contributed by atoms with Gasteiger partial charge in [0.1, 0.15) is 5.75 Å². The molecule has 0 atom stereocenters. The number of hydrogen-bond acceptors (Lipinski definition) is 2. The molecular weight excluding hydrogens is 270 g/mol. The molecule has 1 aliphatic rings. The molecule has 0 unspecified atom stereocenters. The summed E-state index contributed by atoms with van der Waals surface area (Å²) in [5, 5.41) is 11.9.